The molecule has 2 heterocycles. The van der Waals surface area contributed by atoms with Gasteiger partial charge < -0.3 is 9.73 Å². The van der Waals surface area contributed by atoms with Crippen molar-refractivity contribution >= 4 is 0 Å². The molecule has 0 saturated carbocycles. The van der Waals surface area contributed by atoms with Crippen molar-refractivity contribution in [3.05, 3.63) is 23.7 Å². The summed E-state index contributed by atoms with van der Waals surface area (Å²) in [5, 5.41) is 3.47. The van der Waals surface area contributed by atoms with Crippen molar-refractivity contribution in [1.82, 2.24) is 10.2 Å². The van der Waals surface area contributed by atoms with Gasteiger partial charge in [0.05, 0.1) is 12.8 Å². The lowest BCUT2D eigenvalue weighted by molar-refractivity contribution is 0.121. The molecule has 0 aliphatic carbocycles. The number of nitrogens with one attached hydrogen (secondary N) is 1. The fraction of sp³-hybridized carbons (Fsp3) is 0.765. The Morgan fingerprint density at radius 2 is 2.20 bits per heavy atom. The van der Waals surface area contributed by atoms with E-state index >= 15 is 0 Å². The smallest absolute Gasteiger partial charge is 0.122 e. The highest BCUT2D eigenvalue weighted by Gasteiger charge is 2.23. The molecule has 0 radical (unpaired) electrons. The first-order chi connectivity index (χ1) is 9.85. The van der Waals surface area contributed by atoms with Gasteiger partial charge in [-0.1, -0.05) is 26.7 Å². The van der Waals surface area contributed by atoms with Crippen molar-refractivity contribution in [2.45, 2.75) is 71.5 Å². The minimum absolute atomic E-state index is 0.760. The molecule has 1 aromatic rings. The first-order valence-corrected chi connectivity index (χ1v) is 8.35. The van der Waals surface area contributed by atoms with E-state index in [0.717, 1.165) is 31.4 Å². The molecule has 3 heteroatoms. The molecule has 0 amide bonds. The molecule has 1 saturated heterocycles. The van der Waals surface area contributed by atoms with Crippen molar-refractivity contribution in [2.24, 2.45) is 0 Å². The van der Waals surface area contributed by atoms with E-state index in [1.165, 1.54) is 50.6 Å². The molecule has 1 aromatic heterocycles. The predicted octanol–water partition coefficient (Wildman–Crippen LogP) is 3.93. The van der Waals surface area contributed by atoms with Gasteiger partial charge in [-0.15, -0.1) is 0 Å². The van der Waals surface area contributed by atoms with Gasteiger partial charge in [0.15, 0.2) is 0 Å². The van der Waals surface area contributed by atoms with Crippen LogP contribution in [0.2, 0.25) is 0 Å². The summed E-state index contributed by atoms with van der Waals surface area (Å²) in [5.74, 6) is 1.16. The van der Waals surface area contributed by atoms with Gasteiger partial charge in [-0.3, -0.25) is 4.90 Å². The van der Waals surface area contributed by atoms with Crippen LogP contribution in [0.25, 0.3) is 0 Å². The third kappa shape index (κ3) is 4.35. The van der Waals surface area contributed by atoms with E-state index in [1.807, 2.05) is 6.26 Å². The summed E-state index contributed by atoms with van der Waals surface area (Å²) < 4.78 is 5.74. The molecule has 0 spiro atoms. The van der Waals surface area contributed by atoms with Gasteiger partial charge in [-0.25, -0.2) is 0 Å². The summed E-state index contributed by atoms with van der Waals surface area (Å²) in [6.07, 6.45) is 9.72. The van der Waals surface area contributed by atoms with Crippen molar-refractivity contribution in [3.63, 3.8) is 0 Å². The maximum Gasteiger partial charge on any atom is 0.122 e. The van der Waals surface area contributed by atoms with Gasteiger partial charge in [-0.2, -0.15) is 0 Å². The molecular weight excluding hydrogens is 248 g/mol. The van der Waals surface area contributed by atoms with Crippen LogP contribution >= 0.6 is 0 Å². The third-order valence-electron chi connectivity index (χ3n) is 4.30. The van der Waals surface area contributed by atoms with Crippen LogP contribution in [-0.4, -0.2) is 24.0 Å². The zero-order valence-electron chi connectivity index (χ0n) is 13.2. The van der Waals surface area contributed by atoms with Gasteiger partial charge in [0, 0.05) is 18.2 Å². The first kappa shape index (κ1) is 15.6. The molecule has 1 N–H and O–H groups in total. The van der Waals surface area contributed by atoms with Crippen LogP contribution in [0.3, 0.4) is 0 Å². The van der Waals surface area contributed by atoms with Crippen LogP contribution in [-0.2, 0) is 13.1 Å². The maximum atomic E-state index is 5.74. The minimum atomic E-state index is 0.760. The van der Waals surface area contributed by atoms with Gasteiger partial charge in [0.1, 0.15) is 5.76 Å². The Bertz CT molecular complexity index is 373. The molecule has 1 aliphatic rings. The molecule has 1 unspecified atom stereocenters. The summed E-state index contributed by atoms with van der Waals surface area (Å²) in [6.45, 7) is 8.72. The molecule has 3 nitrogen and oxygen atoms in total. The fourth-order valence-electron chi connectivity index (χ4n) is 3.18. The number of nitrogens with zero attached hydrogens (tertiary/aromatic N) is 1. The van der Waals surface area contributed by atoms with Crippen LogP contribution in [0.1, 0.15) is 63.7 Å². The summed E-state index contributed by atoms with van der Waals surface area (Å²) in [6, 6.07) is 2.88. The zero-order chi connectivity index (χ0) is 14.2. The second-order valence-electron chi connectivity index (χ2n) is 5.95. The molecule has 0 aromatic carbocycles. The topological polar surface area (TPSA) is 28.4 Å². The second kappa shape index (κ2) is 8.48. The Balaban J connectivity index is 1.92. The van der Waals surface area contributed by atoms with Crippen LogP contribution in [0, 0.1) is 0 Å². The van der Waals surface area contributed by atoms with Gasteiger partial charge in [-0.05, 0) is 44.8 Å². The summed E-state index contributed by atoms with van der Waals surface area (Å²) >= 11 is 0. The average Bonchev–Trinajstić information content (AvgIpc) is 2.89. The van der Waals surface area contributed by atoms with E-state index < -0.39 is 0 Å². The lowest BCUT2D eigenvalue weighted by atomic mass is 9.98. The Kier molecular flexibility index (Phi) is 6.61. The standard InChI is InChI=1S/C17H30N2O/c1-3-7-16-8-5-6-11-19(16)14-17-15(9-12-20-17)13-18-10-4-2/h9,12,16,18H,3-8,10-11,13-14H2,1-2H3. The molecule has 2 rings (SSSR count). The van der Waals surface area contributed by atoms with Gasteiger partial charge in [0.2, 0.25) is 0 Å². The normalized spacial score (nSPS) is 20.4. The van der Waals surface area contributed by atoms with Crippen molar-refractivity contribution < 1.29 is 4.42 Å². The lowest BCUT2D eigenvalue weighted by Gasteiger charge is -2.35. The highest BCUT2D eigenvalue weighted by Crippen LogP contribution is 2.24. The SMILES string of the molecule is CCCNCc1ccoc1CN1CCCCC1CCC. The van der Waals surface area contributed by atoms with Crippen LogP contribution in [0.4, 0.5) is 0 Å². The van der Waals surface area contributed by atoms with E-state index in [9.17, 15) is 0 Å². The summed E-state index contributed by atoms with van der Waals surface area (Å²) in [7, 11) is 0. The molecule has 1 aliphatic heterocycles. The number of likely N-dealkylation sites (tertiary alicyclic amines) is 1. The number of hydrogen-bond donors (Lipinski definition) is 1. The predicted molar refractivity (Wildman–Crippen MR) is 83.7 cm³/mol. The molecule has 1 fully saturated rings. The van der Waals surface area contributed by atoms with Crippen LogP contribution in [0.15, 0.2) is 16.7 Å². The van der Waals surface area contributed by atoms with Crippen LogP contribution in [0.5, 0.6) is 0 Å². The van der Waals surface area contributed by atoms with E-state index in [4.69, 9.17) is 4.42 Å². The van der Waals surface area contributed by atoms with Crippen LogP contribution < -0.4 is 5.32 Å². The van der Waals surface area contributed by atoms with Crippen molar-refractivity contribution in [1.29, 1.82) is 0 Å². The van der Waals surface area contributed by atoms with Crippen molar-refractivity contribution in [3.8, 4) is 0 Å². The number of furan rings is 1. The van der Waals surface area contributed by atoms with Gasteiger partial charge in [0.25, 0.3) is 0 Å². The highest BCUT2D eigenvalue weighted by molar-refractivity contribution is 5.17. The number of piperidine rings is 1. The minimum Gasteiger partial charge on any atom is -0.468 e. The fourth-order valence-corrected chi connectivity index (χ4v) is 3.18. The van der Waals surface area contributed by atoms with Gasteiger partial charge >= 0.3 is 0 Å². The Hall–Kier alpha value is -0.800. The molecular formula is C17H30N2O. The molecule has 0 bridgehead atoms. The van der Waals surface area contributed by atoms with E-state index in [0.29, 0.717) is 0 Å². The summed E-state index contributed by atoms with van der Waals surface area (Å²) in [5.41, 5.74) is 1.33. The average molecular weight is 278 g/mol. The molecule has 20 heavy (non-hydrogen) atoms. The number of rotatable bonds is 8. The monoisotopic (exact) mass is 278 g/mol. The Morgan fingerprint density at radius 3 is 3.00 bits per heavy atom. The second-order valence-corrected chi connectivity index (χ2v) is 5.95. The molecule has 114 valence electrons. The largest absolute Gasteiger partial charge is 0.468 e. The van der Waals surface area contributed by atoms with E-state index in [1.54, 1.807) is 0 Å². The first-order valence-electron chi connectivity index (χ1n) is 8.35. The maximum absolute atomic E-state index is 5.74. The van der Waals surface area contributed by atoms with E-state index in [2.05, 4.69) is 30.1 Å². The third-order valence-corrected chi connectivity index (χ3v) is 4.30. The Morgan fingerprint density at radius 1 is 1.30 bits per heavy atom. The van der Waals surface area contributed by atoms with E-state index in [-0.39, 0.29) is 0 Å². The quantitative estimate of drug-likeness (QED) is 0.730. The zero-order valence-corrected chi connectivity index (χ0v) is 13.2. The Labute approximate surface area is 123 Å². The highest BCUT2D eigenvalue weighted by atomic mass is 16.3. The van der Waals surface area contributed by atoms with Crippen molar-refractivity contribution in [2.75, 3.05) is 13.1 Å². The number of hydrogen-bond acceptors (Lipinski definition) is 3. The molecule has 1 atom stereocenters. The lowest BCUT2D eigenvalue weighted by Crippen LogP contribution is -2.39. The summed E-state index contributed by atoms with van der Waals surface area (Å²) in [4.78, 5) is 2.63.